The topological polar surface area (TPSA) is 107 Å². The van der Waals surface area contributed by atoms with E-state index in [4.69, 9.17) is 9.26 Å². The number of aromatic nitrogens is 1. The Balaban J connectivity index is 1.61. The van der Waals surface area contributed by atoms with E-state index in [9.17, 15) is 18.0 Å². The first-order valence-electron chi connectivity index (χ1n) is 9.31. The van der Waals surface area contributed by atoms with Crippen molar-refractivity contribution < 1.29 is 27.3 Å². The quantitative estimate of drug-likeness (QED) is 0.642. The molecule has 3 rings (SSSR count). The van der Waals surface area contributed by atoms with E-state index in [1.54, 1.807) is 23.1 Å². The van der Waals surface area contributed by atoms with Crippen LogP contribution in [0.1, 0.15) is 32.4 Å². The Morgan fingerprint density at radius 2 is 2.11 bits per heavy atom. The lowest BCUT2D eigenvalue weighted by Gasteiger charge is -2.33. The molecule has 9 heteroatoms. The van der Waals surface area contributed by atoms with Crippen LogP contribution < -0.4 is 0 Å². The van der Waals surface area contributed by atoms with Gasteiger partial charge >= 0.3 is 5.97 Å². The summed E-state index contributed by atoms with van der Waals surface area (Å²) in [6, 6.07) is 6.67. The fraction of sp³-hybridized carbons (Fsp3) is 0.526. The van der Waals surface area contributed by atoms with Crippen LogP contribution in [0.25, 0.3) is 11.0 Å². The molecule has 1 aliphatic heterocycles. The summed E-state index contributed by atoms with van der Waals surface area (Å²) in [6.45, 7) is 3.37. The van der Waals surface area contributed by atoms with Gasteiger partial charge in [0.2, 0.25) is 0 Å². The molecule has 0 spiro atoms. The second kappa shape index (κ2) is 8.30. The highest BCUT2D eigenvalue weighted by atomic mass is 32.2. The molecule has 1 aromatic carbocycles. The Labute approximate surface area is 163 Å². The van der Waals surface area contributed by atoms with Crippen LogP contribution in [-0.4, -0.2) is 60.5 Å². The molecular formula is C19H24N2O6S. The Hall–Kier alpha value is -2.42. The number of para-hydroxylation sites is 1. The van der Waals surface area contributed by atoms with Crippen molar-refractivity contribution in [1.29, 1.82) is 0 Å². The predicted molar refractivity (Wildman–Crippen MR) is 102 cm³/mol. The van der Waals surface area contributed by atoms with Crippen LogP contribution in [0.3, 0.4) is 0 Å². The van der Waals surface area contributed by atoms with E-state index in [1.807, 2.05) is 19.9 Å². The molecule has 0 unspecified atom stereocenters. The summed E-state index contributed by atoms with van der Waals surface area (Å²) in [6.07, 6.45) is 0.990. The highest BCUT2D eigenvalue weighted by Crippen LogP contribution is 2.22. The van der Waals surface area contributed by atoms with Crippen molar-refractivity contribution in [3.63, 3.8) is 0 Å². The summed E-state index contributed by atoms with van der Waals surface area (Å²) < 4.78 is 33.9. The summed E-state index contributed by atoms with van der Waals surface area (Å²) in [5.74, 6) is -0.927. The third kappa shape index (κ3) is 4.52. The van der Waals surface area contributed by atoms with Gasteiger partial charge in [0.25, 0.3) is 5.91 Å². The largest absolute Gasteiger partial charge is 0.455 e. The summed E-state index contributed by atoms with van der Waals surface area (Å²) in [4.78, 5) is 26.4. The van der Waals surface area contributed by atoms with E-state index >= 15 is 0 Å². The molecule has 0 bridgehead atoms. The molecule has 0 saturated carbocycles. The number of fused-ring (bicyclic) bond motifs is 1. The van der Waals surface area contributed by atoms with Crippen LogP contribution in [0.2, 0.25) is 0 Å². The van der Waals surface area contributed by atoms with Gasteiger partial charge in [0.15, 0.2) is 22.0 Å². The molecule has 1 aliphatic rings. The van der Waals surface area contributed by atoms with Gasteiger partial charge in [-0.25, -0.2) is 8.42 Å². The van der Waals surface area contributed by atoms with Gasteiger partial charge in [-0.3, -0.25) is 9.59 Å². The Kier molecular flexibility index (Phi) is 6.02. The van der Waals surface area contributed by atoms with E-state index in [-0.39, 0.29) is 35.9 Å². The number of carbonyl (C=O) groups excluding carboxylic acids is 2. The average Bonchev–Trinajstić information content (AvgIpc) is 3.23. The van der Waals surface area contributed by atoms with E-state index in [2.05, 4.69) is 5.16 Å². The lowest BCUT2D eigenvalue weighted by atomic mass is 10.1. The van der Waals surface area contributed by atoms with E-state index in [0.717, 1.165) is 5.39 Å². The van der Waals surface area contributed by atoms with Crippen LogP contribution >= 0.6 is 0 Å². The number of sulfone groups is 1. The van der Waals surface area contributed by atoms with Crippen molar-refractivity contribution in [2.24, 2.45) is 0 Å². The van der Waals surface area contributed by atoms with Crippen LogP contribution in [0.15, 0.2) is 28.8 Å². The van der Waals surface area contributed by atoms with E-state index in [0.29, 0.717) is 24.1 Å². The number of amides is 1. The maximum absolute atomic E-state index is 12.7. The standard InChI is InChI=1S/C19H24N2O6S/c1-3-13(2)21(14-8-9-28(24,25)12-14)18(22)11-26-19(23)10-16-15-6-4-5-7-17(15)27-20-16/h4-7,13-14H,3,8-12H2,1-2H3/t13-,14-/m0/s1. The molecule has 0 aliphatic carbocycles. The predicted octanol–water partition coefficient (Wildman–Crippen LogP) is 1.73. The minimum absolute atomic E-state index is 0.0397. The monoisotopic (exact) mass is 408 g/mol. The molecule has 1 saturated heterocycles. The van der Waals surface area contributed by atoms with Gasteiger partial charge in [0, 0.05) is 17.5 Å². The maximum atomic E-state index is 12.7. The number of carbonyl (C=O) groups is 2. The molecule has 152 valence electrons. The van der Waals surface area contributed by atoms with Crippen LogP contribution in [-0.2, 0) is 30.6 Å². The second-order valence-electron chi connectivity index (χ2n) is 7.08. The van der Waals surface area contributed by atoms with Crippen molar-refractivity contribution in [3.05, 3.63) is 30.0 Å². The summed E-state index contributed by atoms with van der Waals surface area (Å²) in [7, 11) is -3.12. The fourth-order valence-electron chi connectivity index (χ4n) is 3.47. The summed E-state index contributed by atoms with van der Waals surface area (Å²) in [5, 5.41) is 4.61. The second-order valence-corrected chi connectivity index (χ2v) is 9.31. The fourth-order valence-corrected chi connectivity index (χ4v) is 5.18. The molecule has 0 radical (unpaired) electrons. The lowest BCUT2D eigenvalue weighted by Crippen LogP contribution is -2.48. The Bertz CT molecular complexity index is 968. The zero-order chi connectivity index (χ0) is 20.3. The first-order chi connectivity index (χ1) is 13.3. The van der Waals surface area contributed by atoms with Gasteiger partial charge in [0.1, 0.15) is 5.69 Å². The highest BCUT2D eigenvalue weighted by Gasteiger charge is 2.36. The molecule has 8 nitrogen and oxygen atoms in total. The van der Waals surface area contributed by atoms with Crippen molar-refractivity contribution in [1.82, 2.24) is 10.1 Å². The number of ether oxygens (including phenoxy) is 1. The number of benzene rings is 1. The van der Waals surface area contributed by atoms with Crippen LogP contribution in [0.4, 0.5) is 0 Å². The maximum Gasteiger partial charge on any atom is 0.312 e. The van der Waals surface area contributed by atoms with Gasteiger partial charge in [-0.2, -0.15) is 0 Å². The normalized spacial score (nSPS) is 19.4. The number of hydrogen-bond acceptors (Lipinski definition) is 7. The molecule has 2 aromatic rings. The van der Waals surface area contributed by atoms with Gasteiger partial charge in [-0.15, -0.1) is 0 Å². The van der Waals surface area contributed by atoms with Crippen molar-refractivity contribution in [2.75, 3.05) is 18.1 Å². The molecule has 1 fully saturated rings. The molecular weight excluding hydrogens is 384 g/mol. The smallest absolute Gasteiger partial charge is 0.312 e. The third-order valence-electron chi connectivity index (χ3n) is 5.08. The third-order valence-corrected chi connectivity index (χ3v) is 6.83. The molecule has 1 amide bonds. The van der Waals surface area contributed by atoms with E-state index in [1.165, 1.54) is 0 Å². The van der Waals surface area contributed by atoms with Crippen molar-refractivity contribution in [3.8, 4) is 0 Å². The first-order valence-corrected chi connectivity index (χ1v) is 11.1. The SMILES string of the molecule is CC[C@H](C)N(C(=O)COC(=O)Cc1noc2ccccc12)[C@H]1CCS(=O)(=O)C1. The molecule has 28 heavy (non-hydrogen) atoms. The number of nitrogens with zero attached hydrogens (tertiary/aromatic N) is 2. The van der Waals surface area contributed by atoms with Crippen LogP contribution in [0.5, 0.6) is 0 Å². The Morgan fingerprint density at radius 1 is 1.36 bits per heavy atom. The van der Waals surface area contributed by atoms with Gasteiger partial charge < -0.3 is 14.2 Å². The minimum atomic E-state index is -3.12. The minimum Gasteiger partial charge on any atom is -0.455 e. The summed E-state index contributed by atoms with van der Waals surface area (Å²) >= 11 is 0. The molecule has 1 aromatic heterocycles. The number of rotatable bonds is 7. The number of esters is 1. The van der Waals surface area contributed by atoms with Gasteiger partial charge in [-0.05, 0) is 31.9 Å². The number of hydrogen-bond donors (Lipinski definition) is 0. The molecule has 2 atom stereocenters. The van der Waals surface area contributed by atoms with Crippen molar-refractivity contribution in [2.45, 2.75) is 45.2 Å². The van der Waals surface area contributed by atoms with Crippen molar-refractivity contribution >= 4 is 32.7 Å². The zero-order valence-electron chi connectivity index (χ0n) is 16.0. The molecule has 2 heterocycles. The highest BCUT2D eigenvalue weighted by molar-refractivity contribution is 7.91. The lowest BCUT2D eigenvalue weighted by molar-refractivity contribution is -0.153. The van der Waals surface area contributed by atoms with Crippen LogP contribution in [0, 0.1) is 0 Å². The van der Waals surface area contributed by atoms with E-state index < -0.39 is 22.4 Å². The average molecular weight is 408 g/mol. The summed E-state index contributed by atoms with van der Waals surface area (Å²) in [5.41, 5.74) is 1.03. The Morgan fingerprint density at radius 3 is 2.79 bits per heavy atom. The zero-order valence-corrected chi connectivity index (χ0v) is 16.8. The van der Waals surface area contributed by atoms with Gasteiger partial charge in [-0.1, -0.05) is 24.2 Å². The molecule has 0 N–H and O–H groups in total. The van der Waals surface area contributed by atoms with Gasteiger partial charge in [0.05, 0.1) is 17.9 Å². The first kappa shape index (κ1) is 20.3.